The van der Waals surface area contributed by atoms with Crippen LogP contribution in [0.25, 0.3) is 27.8 Å². The van der Waals surface area contributed by atoms with E-state index < -0.39 is 0 Å². The number of benzene rings is 3. The van der Waals surface area contributed by atoms with Gasteiger partial charge in [0, 0.05) is 46.2 Å². The Hall–Kier alpha value is -5.38. The van der Waals surface area contributed by atoms with Crippen LogP contribution in [0.2, 0.25) is 0 Å². The molecule has 0 saturated carbocycles. The molecule has 0 aliphatic carbocycles. The van der Waals surface area contributed by atoms with Crippen LogP contribution in [-0.4, -0.2) is 48.0 Å². The molecule has 0 saturated heterocycles. The molecule has 0 bridgehead atoms. The lowest BCUT2D eigenvalue weighted by molar-refractivity contribution is 0.355. The highest BCUT2D eigenvalue weighted by molar-refractivity contribution is 5.84. The summed E-state index contributed by atoms with van der Waals surface area (Å²) in [6.45, 7) is 0. The Morgan fingerprint density at radius 1 is 0.750 bits per heavy atom. The molecule has 0 amide bonds. The summed E-state index contributed by atoms with van der Waals surface area (Å²) >= 11 is 0. The van der Waals surface area contributed by atoms with E-state index in [1.54, 1.807) is 46.6 Å². The van der Waals surface area contributed by atoms with Crippen LogP contribution in [0.4, 0.5) is 17.2 Å². The fourth-order valence-corrected chi connectivity index (χ4v) is 4.26. The second kappa shape index (κ2) is 11.6. The Morgan fingerprint density at radius 3 is 2.23 bits per heavy atom. The summed E-state index contributed by atoms with van der Waals surface area (Å²) in [6.07, 6.45) is 3.78. The van der Waals surface area contributed by atoms with Gasteiger partial charge in [0.1, 0.15) is 0 Å². The lowest BCUT2D eigenvalue weighted by Crippen LogP contribution is -2.01. The Balaban J connectivity index is 0.000000248. The predicted octanol–water partition coefficient (Wildman–Crippen LogP) is 5.92. The number of H-pyrrole nitrogens is 1. The Morgan fingerprint density at radius 2 is 1.48 bits per heavy atom. The number of hydrogen-bond donors (Lipinski definition) is 3. The number of aromatic nitrogens is 4. The zero-order valence-corrected chi connectivity index (χ0v) is 22.6. The Bertz CT molecular complexity index is 1760. The highest BCUT2D eigenvalue weighted by atomic mass is 16.5. The molecule has 40 heavy (non-hydrogen) atoms. The first kappa shape index (κ1) is 26.2. The predicted molar refractivity (Wildman–Crippen MR) is 157 cm³/mol. The summed E-state index contributed by atoms with van der Waals surface area (Å²) in [4.78, 5) is 7.71. The van der Waals surface area contributed by atoms with Gasteiger partial charge in [0.25, 0.3) is 0 Å². The molecule has 3 aromatic carbocycles. The van der Waals surface area contributed by atoms with Crippen molar-refractivity contribution < 1.29 is 18.9 Å². The maximum atomic E-state index is 5.52. The average molecular weight is 539 g/mol. The molecule has 0 atom stereocenters. The number of nitrogens with two attached hydrogens (primary N) is 1. The molecule has 0 unspecified atom stereocenters. The van der Waals surface area contributed by atoms with Crippen LogP contribution in [0.5, 0.6) is 23.0 Å². The van der Waals surface area contributed by atoms with Crippen molar-refractivity contribution in [3.63, 3.8) is 0 Å². The number of nitrogens with one attached hydrogen (secondary N) is 2. The SMILES string of the molecule is COc1ccc(N)cc1OC.COc1ccc(Nc2ccc3ncc(-c4ccc5[nH]ccc5c4)n3n2)cc1OC. The van der Waals surface area contributed by atoms with Gasteiger partial charge in [-0.3, -0.25) is 0 Å². The third kappa shape index (κ3) is 5.41. The third-order valence-corrected chi connectivity index (χ3v) is 6.27. The van der Waals surface area contributed by atoms with Gasteiger partial charge in [0.05, 0.1) is 40.3 Å². The van der Waals surface area contributed by atoms with Crippen LogP contribution in [0.15, 0.2) is 85.2 Å². The minimum atomic E-state index is 0.654. The van der Waals surface area contributed by atoms with Gasteiger partial charge in [-0.1, -0.05) is 6.07 Å². The number of nitrogens with zero attached hydrogens (tertiary/aromatic N) is 3. The molecule has 6 aromatic rings. The first-order valence-electron chi connectivity index (χ1n) is 12.4. The van der Waals surface area contributed by atoms with Crippen molar-refractivity contribution in [2.75, 3.05) is 39.5 Å². The molecule has 4 N–H and O–H groups in total. The number of ether oxygens (including phenoxy) is 4. The van der Waals surface area contributed by atoms with E-state index in [0.717, 1.165) is 33.5 Å². The number of methoxy groups -OCH3 is 4. The zero-order chi connectivity index (χ0) is 28.1. The van der Waals surface area contributed by atoms with E-state index in [4.69, 9.17) is 29.8 Å². The molecule has 6 rings (SSSR count). The van der Waals surface area contributed by atoms with Gasteiger partial charge in [-0.2, -0.15) is 0 Å². The molecular formula is C30H30N6O4. The molecule has 10 nitrogen and oxygen atoms in total. The van der Waals surface area contributed by atoms with Crippen LogP contribution in [0.1, 0.15) is 0 Å². The zero-order valence-electron chi connectivity index (χ0n) is 22.6. The Labute approximate surface area is 231 Å². The number of hydrogen-bond acceptors (Lipinski definition) is 8. The number of aromatic amines is 1. The van der Waals surface area contributed by atoms with Gasteiger partial charge in [-0.15, -0.1) is 5.10 Å². The van der Waals surface area contributed by atoms with E-state index in [9.17, 15) is 0 Å². The standard InChI is InChI=1S/C22H19N5O2.C8H11NO2/c1-28-19-6-4-16(12-20(19)29-2)25-21-7-8-22-24-13-18(27(22)26-21)15-3-5-17-14(11-15)9-10-23-17;1-10-7-4-3-6(9)5-8(7)11-2/h3-13,23H,1-2H3,(H,25,26);3-5H,9H2,1-2H3. The molecule has 10 heteroatoms. The highest BCUT2D eigenvalue weighted by Gasteiger charge is 2.10. The van der Waals surface area contributed by atoms with Crippen molar-refractivity contribution in [3.8, 4) is 34.3 Å². The maximum absolute atomic E-state index is 5.52. The largest absolute Gasteiger partial charge is 0.493 e. The van der Waals surface area contributed by atoms with Crippen molar-refractivity contribution >= 4 is 33.7 Å². The van der Waals surface area contributed by atoms with Gasteiger partial charge in [0.2, 0.25) is 0 Å². The van der Waals surface area contributed by atoms with E-state index in [2.05, 4.69) is 39.6 Å². The number of fused-ring (bicyclic) bond motifs is 2. The fourth-order valence-electron chi connectivity index (χ4n) is 4.26. The molecular weight excluding hydrogens is 508 g/mol. The van der Waals surface area contributed by atoms with Gasteiger partial charge >= 0.3 is 0 Å². The normalized spacial score (nSPS) is 10.6. The second-order valence-corrected chi connectivity index (χ2v) is 8.72. The van der Waals surface area contributed by atoms with Crippen LogP contribution in [0, 0.1) is 0 Å². The molecule has 0 spiro atoms. The van der Waals surface area contributed by atoms with Gasteiger partial charge in [-0.05, 0) is 54.6 Å². The van der Waals surface area contributed by atoms with E-state index >= 15 is 0 Å². The summed E-state index contributed by atoms with van der Waals surface area (Å²) in [5.41, 5.74) is 10.9. The van der Waals surface area contributed by atoms with Crippen molar-refractivity contribution in [1.82, 2.24) is 19.6 Å². The molecule has 204 valence electrons. The maximum Gasteiger partial charge on any atom is 0.162 e. The van der Waals surface area contributed by atoms with Gasteiger partial charge in [-0.25, -0.2) is 9.50 Å². The smallest absolute Gasteiger partial charge is 0.162 e. The molecule has 3 heterocycles. The molecule has 3 aromatic heterocycles. The summed E-state index contributed by atoms with van der Waals surface area (Å²) in [5, 5.41) is 9.20. The van der Waals surface area contributed by atoms with E-state index in [1.807, 2.05) is 47.2 Å². The van der Waals surface area contributed by atoms with Gasteiger partial charge in [0.15, 0.2) is 34.5 Å². The lowest BCUT2D eigenvalue weighted by Gasteiger charge is -2.11. The Kier molecular flexibility index (Phi) is 7.58. The average Bonchev–Trinajstić information content (AvgIpc) is 3.63. The van der Waals surface area contributed by atoms with Crippen molar-refractivity contribution in [1.29, 1.82) is 0 Å². The minimum absolute atomic E-state index is 0.654. The summed E-state index contributed by atoms with van der Waals surface area (Å²) < 4.78 is 22.5. The van der Waals surface area contributed by atoms with Gasteiger partial charge < -0.3 is 35.0 Å². The first-order valence-corrected chi connectivity index (χ1v) is 12.4. The van der Waals surface area contributed by atoms with Crippen molar-refractivity contribution in [2.24, 2.45) is 0 Å². The van der Waals surface area contributed by atoms with Crippen molar-refractivity contribution in [3.05, 3.63) is 85.2 Å². The summed E-state index contributed by atoms with van der Waals surface area (Å²) in [7, 11) is 6.40. The number of rotatable bonds is 7. The molecule has 0 fully saturated rings. The van der Waals surface area contributed by atoms with E-state index in [1.165, 1.54) is 0 Å². The van der Waals surface area contributed by atoms with E-state index in [-0.39, 0.29) is 0 Å². The number of nitrogen functional groups attached to an aromatic ring is 1. The van der Waals surface area contributed by atoms with E-state index in [0.29, 0.717) is 34.5 Å². The highest BCUT2D eigenvalue weighted by Crippen LogP contribution is 2.31. The summed E-state index contributed by atoms with van der Waals surface area (Å²) in [6, 6.07) is 23.1. The fraction of sp³-hybridized carbons (Fsp3) is 0.133. The third-order valence-electron chi connectivity index (χ3n) is 6.27. The molecule has 0 aliphatic rings. The van der Waals surface area contributed by atoms with Crippen LogP contribution in [0.3, 0.4) is 0 Å². The monoisotopic (exact) mass is 538 g/mol. The summed E-state index contributed by atoms with van der Waals surface area (Å²) in [5.74, 6) is 3.39. The minimum Gasteiger partial charge on any atom is -0.493 e. The lowest BCUT2D eigenvalue weighted by atomic mass is 10.1. The first-order chi connectivity index (χ1) is 19.5. The quantitative estimate of drug-likeness (QED) is 0.214. The second-order valence-electron chi connectivity index (χ2n) is 8.72. The molecule has 0 radical (unpaired) electrons. The number of imidazole rings is 1. The molecule has 0 aliphatic heterocycles. The van der Waals surface area contributed by atoms with Crippen LogP contribution in [-0.2, 0) is 0 Å². The topological polar surface area (TPSA) is 121 Å². The number of anilines is 3. The van der Waals surface area contributed by atoms with Crippen LogP contribution < -0.4 is 30.0 Å². The van der Waals surface area contributed by atoms with Crippen molar-refractivity contribution in [2.45, 2.75) is 0 Å². The van der Waals surface area contributed by atoms with Crippen LogP contribution >= 0.6 is 0 Å².